The predicted molar refractivity (Wildman–Crippen MR) is 82.6 cm³/mol. The molecule has 0 atom stereocenters. The van der Waals surface area contributed by atoms with Gasteiger partial charge in [0, 0.05) is 7.05 Å². The Morgan fingerprint density at radius 3 is 2.67 bits per heavy atom. The molecule has 21 heavy (non-hydrogen) atoms. The van der Waals surface area contributed by atoms with Crippen LogP contribution in [0, 0.1) is 12.8 Å². The molecule has 0 spiro atoms. The third-order valence-electron chi connectivity index (χ3n) is 4.07. The van der Waals surface area contributed by atoms with Gasteiger partial charge in [-0.25, -0.2) is 4.68 Å². The van der Waals surface area contributed by atoms with Crippen molar-refractivity contribution in [3.05, 3.63) is 45.9 Å². The Morgan fingerprint density at radius 1 is 1.33 bits per heavy atom. The summed E-state index contributed by atoms with van der Waals surface area (Å²) in [7, 11) is 3.33. The van der Waals surface area contributed by atoms with E-state index in [0.29, 0.717) is 17.2 Å². The molecule has 1 aromatic carbocycles. The number of ether oxygens (including phenoxy) is 1. The third kappa shape index (κ3) is 2.58. The molecular formula is C17H20N2O2. The molecule has 1 aliphatic carbocycles. The number of aromatic nitrogens is 2. The zero-order valence-corrected chi connectivity index (χ0v) is 12.7. The highest BCUT2D eigenvalue weighted by Gasteiger charge is 2.27. The van der Waals surface area contributed by atoms with Crippen molar-refractivity contribution in [1.29, 1.82) is 0 Å². The summed E-state index contributed by atoms with van der Waals surface area (Å²) in [6, 6.07) is 7.90. The van der Waals surface area contributed by atoms with E-state index >= 15 is 0 Å². The van der Waals surface area contributed by atoms with Crippen LogP contribution in [-0.2, 0) is 13.5 Å². The second-order valence-electron chi connectivity index (χ2n) is 5.75. The van der Waals surface area contributed by atoms with Gasteiger partial charge in [-0.15, -0.1) is 0 Å². The van der Waals surface area contributed by atoms with Gasteiger partial charge >= 0.3 is 0 Å². The Kier molecular flexibility index (Phi) is 3.53. The van der Waals surface area contributed by atoms with E-state index in [1.54, 1.807) is 14.2 Å². The minimum absolute atomic E-state index is 0.110. The number of nitrogens with zero attached hydrogens (tertiary/aromatic N) is 2. The zero-order valence-electron chi connectivity index (χ0n) is 12.7. The Balaban J connectivity index is 2.24. The summed E-state index contributed by atoms with van der Waals surface area (Å²) in [5, 5.41) is 4.42. The van der Waals surface area contributed by atoms with Gasteiger partial charge in [0.05, 0.1) is 12.7 Å². The van der Waals surface area contributed by atoms with Crippen molar-refractivity contribution in [2.24, 2.45) is 13.0 Å². The van der Waals surface area contributed by atoms with Crippen LogP contribution in [-0.4, -0.2) is 16.9 Å². The summed E-state index contributed by atoms with van der Waals surface area (Å²) in [6.45, 7) is 2.01. The predicted octanol–water partition coefficient (Wildman–Crippen LogP) is 2.72. The van der Waals surface area contributed by atoms with Crippen LogP contribution >= 0.6 is 0 Å². The lowest BCUT2D eigenvalue weighted by Gasteiger charge is -2.15. The summed E-state index contributed by atoms with van der Waals surface area (Å²) in [5.74, 6) is 1.33. The number of rotatable bonds is 4. The largest absolute Gasteiger partial charge is 0.494 e. The van der Waals surface area contributed by atoms with Gasteiger partial charge in [-0.1, -0.05) is 24.3 Å². The van der Waals surface area contributed by atoms with Crippen molar-refractivity contribution >= 4 is 0 Å². The summed E-state index contributed by atoms with van der Waals surface area (Å²) in [6.07, 6.45) is 3.37. The van der Waals surface area contributed by atoms with Crippen LogP contribution in [0.1, 0.15) is 24.1 Å². The second-order valence-corrected chi connectivity index (χ2v) is 5.75. The molecule has 4 heteroatoms. The molecule has 0 saturated heterocycles. The van der Waals surface area contributed by atoms with Crippen LogP contribution in [0.2, 0.25) is 0 Å². The molecule has 0 radical (unpaired) electrons. The third-order valence-corrected chi connectivity index (χ3v) is 4.07. The van der Waals surface area contributed by atoms with Gasteiger partial charge in [0.2, 0.25) is 0 Å². The Labute approximate surface area is 124 Å². The van der Waals surface area contributed by atoms with E-state index < -0.39 is 0 Å². The molecule has 1 aliphatic rings. The van der Waals surface area contributed by atoms with Gasteiger partial charge in [-0.3, -0.25) is 4.79 Å². The van der Waals surface area contributed by atoms with E-state index in [1.807, 2.05) is 31.2 Å². The maximum absolute atomic E-state index is 12.6. The van der Waals surface area contributed by atoms with Crippen molar-refractivity contribution in [2.75, 3.05) is 7.11 Å². The molecule has 4 nitrogen and oxygen atoms in total. The molecule has 0 aliphatic heterocycles. The highest BCUT2D eigenvalue weighted by atomic mass is 16.5. The lowest BCUT2D eigenvalue weighted by molar-refractivity contribution is 0.401. The Hall–Kier alpha value is -2.10. The number of hydrogen-bond acceptors (Lipinski definition) is 3. The van der Waals surface area contributed by atoms with Gasteiger partial charge in [-0.05, 0) is 43.2 Å². The van der Waals surface area contributed by atoms with Crippen LogP contribution in [0.4, 0.5) is 0 Å². The van der Waals surface area contributed by atoms with E-state index in [4.69, 9.17) is 4.74 Å². The monoisotopic (exact) mass is 284 g/mol. The van der Waals surface area contributed by atoms with Crippen molar-refractivity contribution in [2.45, 2.75) is 26.2 Å². The molecule has 0 amide bonds. The Morgan fingerprint density at radius 2 is 2.05 bits per heavy atom. The molecule has 1 fully saturated rings. The van der Waals surface area contributed by atoms with Crippen LogP contribution in [0.15, 0.2) is 29.1 Å². The molecule has 3 rings (SSSR count). The van der Waals surface area contributed by atoms with Crippen LogP contribution in [0.25, 0.3) is 11.1 Å². The maximum Gasteiger partial charge on any atom is 0.278 e. The van der Waals surface area contributed by atoms with Gasteiger partial charge in [-0.2, -0.15) is 5.10 Å². The first-order valence-electron chi connectivity index (χ1n) is 7.32. The minimum atomic E-state index is -0.110. The number of benzene rings is 1. The van der Waals surface area contributed by atoms with Crippen LogP contribution in [0.5, 0.6) is 5.75 Å². The smallest absolute Gasteiger partial charge is 0.278 e. The van der Waals surface area contributed by atoms with Gasteiger partial charge < -0.3 is 4.74 Å². The Bertz CT molecular complexity index is 730. The van der Waals surface area contributed by atoms with Crippen molar-refractivity contribution in [3.63, 3.8) is 0 Å². The summed E-state index contributed by atoms with van der Waals surface area (Å²) in [4.78, 5) is 12.6. The molecule has 0 bridgehead atoms. The molecule has 0 N–H and O–H groups in total. The summed E-state index contributed by atoms with van der Waals surface area (Å²) >= 11 is 0. The van der Waals surface area contributed by atoms with Crippen molar-refractivity contribution in [3.8, 4) is 16.9 Å². The number of aryl methyl sites for hydroxylation is 2. The van der Waals surface area contributed by atoms with Crippen molar-refractivity contribution in [1.82, 2.24) is 9.78 Å². The quantitative estimate of drug-likeness (QED) is 0.867. The van der Waals surface area contributed by atoms with E-state index in [1.165, 1.54) is 17.5 Å². The van der Waals surface area contributed by atoms with Crippen molar-refractivity contribution < 1.29 is 4.74 Å². The van der Waals surface area contributed by atoms with Gasteiger partial charge in [0.25, 0.3) is 5.56 Å². The molecule has 2 aromatic rings. The molecule has 1 aromatic heterocycles. The second kappa shape index (κ2) is 5.35. The van der Waals surface area contributed by atoms with Crippen LogP contribution in [0.3, 0.4) is 0 Å². The highest BCUT2D eigenvalue weighted by Crippen LogP contribution is 2.37. The number of hydrogen-bond donors (Lipinski definition) is 0. The topological polar surface area (TPSA) is 44.1 Å². The van der Waals surface area contributed by atoms with E-state index in [-0.39, 0.29) is 5.56 Å². The fourth-order valence-electron chi connectivity index (χ4n) is 2.71. The number of methoxy groups -OCH3 is 1. The lowest BCUT2D eigenvalue weighted by atomic mass is 9.99. The molecule has 110 valence electrons. The fraction of sp³-hybridized carbons (Fsp3) is 0.412. The zero-order chi connectivity index (χ0) is 15.0. The van der Waals surface area contributed by atoms with E-state index in [9.17, 15) is 4.79 Å². The first-order chi connectivity index (χ1) is 10.1. The molecule has 0 unspecified atom stereocenters. The van der Waals surface area contributed by atoms with Gasteiger partial charge in [0.1, 0.15) is 5.69 Å². The van der Waals surface area contributed by atoms with E-state index in [2.05, 4.69) is 5.10 Å². The van der Waals surface area contributed by atoms with Gasteiger partial charge in [0.15, 0.2) is 5.75 Å². The normalized spacial score (nSPS) is 14.2. The van der Waals surface area contributed by atoms with E-state index in [0.717, 1.165) is 23.2 Å². The molecular weight excluding hydrogens is 264 g/mol. The highest BCUT2D eigenvalue weighted by molar-refractivity contribution is 5.73. The fourth-order valence-corrected chi connectivity index (χ4v) is 2.71. The molecule has 1 heterocycles. The first-order valence-corrected chi connectivity index (χ1v) is 7.32. The SMILES string of the molecule is COc1c(CC2CC2)nn(C)c(=O)c1-c1ccccc1C. The molecule has 1 saturated carbocycles. The summed E-state index contributed by atoms with van der Waals surface area (Å²) < 4.78 is 7.01. The average molecular weight is 284 g/mol. The average Bonchev–Trinajstić information content (AvgIpc) is 3.27. The minimum Gasteiger partial charge on any atom is -0.494 e. The first kappa shape index (κ1) is 13.9. The lowest BCUT2D eigenvalue weighted by Crippen LogP contribution is -2.24. The van der Waals surface area contributed by atoms with Crippen LogP contribution < -0.4 is 10.3 Å². The standard InChI is InChI=1S/C17H20N2O2/c1-11-6-4-5-7-13(11)15-16(21-3)14(10-12-8-9-12)18-19(2)17(15)20/h4-7,12H,8-10H2,1-3H3. The summed E-state index contributed by atoms with van der Waals surface area (Å²) in [5.41, 5.74) is 3.40. The maximum atomic E-state index is 12.6.